The zero-order valence-electron chi connectivity index (χ0n) is 20.6. The maximum absolute atomic E-state index is 14.4. The average Bonchev–Trinajstić information content (AvgIpc) is 3.45. The lowest BCUT2D eigenvalue weighted by Gasteiger charge is -2.13. The van der Waals surface area contributed by atoms with Crippen LogP contribution in [-0.4, -0.2) is 38.5 Å². The third-order valence-corrected chi connectivity index (χ3v) is 6.69. The van der Waals surface area contributed by atoms with Gasteiger partial charge in [0.25, 0.3) is 5.91 Å². The summed E-state index contributed by atoms with van der Waals surface area (Å²) in [5.74, 6) is -0.798. The highest BCUT2D eigenvalue weighted by Crippen LogP contribution is 2.33. The zero-order valence-corrected chi connectivity index (χ0v) is 22.1. The number of imidazole rings is 2. The molecule has 0 saturated carbocycles. The quantitative estimate of drug-likeness (QED) is 0.231. The monoisotopic (exact) mass is 553 g/mol. The first-order chi connectivity index (χ1) is 18.2. The van der Waals surface area contributed by atoms with Gasteiger partial charge in [-0.05, 0) is 55.8 Å². The molecule has 0 spiro atoms. The number of aromatic amines is 1. The van der Waals surface area contributed by atoms with Gasteiger partial charge in [0.15, 0.2) is 0 Å². The number of aromatic nitrogens is 4. The fraction of sp³-hybridized carbons (Fsp3) is 0.185. The number of H-pyrrole nitrogens is 1. The van der Waals surface area contributed by atoms with E-state index in [1.807, 2.05) is 30.5 Å². The van der Waals surface area contributed by atoms with E-state index in [0.717, 1.165) is 11.1 Å². The number of methoxy groups -OCH3 is 1. The number of hydrogen-bond donors (Lipinski definition) is 2. The molecule has 0 saturated heterocycles. The van der Waals surface area contributed by atoms with Gasteiger partial charge in [-0.25, -0.2) is 14.4 Å². The summed E-state index contributed by atoms with van der Waals surface area (Å²) in [5, 5.41) is 3.30. The van der Waals surface area contributed by atoms with E-state index < -0.39 is 11.7 Å². The van der Waals surface area contributed by atoms with Crippen LogP contribution in [0.5, 0.6) is 0 Å². The summed E-state index contributed by atoms with van der Waals surface area (Å²) in [6.07, 6.45) is 0.116. The first-order valence-corrected chi connectivity index (χ1v) is 12.4. The van der Waals surface area contributed by atoms with E-state index in [1.165, 1.54) is 25.3 Å². The number of nitrogens with one attached hydrogen (secondary N) is 2. The van der Waals surface area contributed by atoms with Crippen molar-refractivity contribution in [1.29, 1.82) is 0 Å². The lowest BCUT2D eigenvalue weighted by atomic mass is 10.1. The fourth-order valence-corrected chi connectivity index (χ4v) is 4.84. The van der Waals surface area contributed by atoms with Crippen molar-refractivity contribution in [2.75, 3.05) is 12.4 Å². The minimum Gasteiger partial charge on any atom is -0.469 e. The molecule has 38 heavy (non-hydrogen) atoms. The predicted octanol–water partition coefficient (Wildman–Crippen LogP) is 6.57. The molecule has 194 valence electrons. The topological polar surface area (TPSA) is 102 Å². The van der Waals surface area contributed by atoms with Crippen LogP contribution >= 0.6 is 23.2 Å². The number of fused-ring (bicyclic) bond motifs is 2. The van der Waals surface area contributed by atoms with Crippen LogP contribution in [0.15, 0.2) is 48.5 Å². The van der Waals surface area contributed by atoms with Crippen molar-refractivity contribution in [3.8, 4) is 11.4 Å². The highest BCUT2D eigenvalue weighted by Gasteiger charge is 2.20. The Balaban J connectivity index is 1.50. The molecular weight excluding hydrogens is 532 g/mol. The van der Waals surface area contributed by atoms with Gasteiger partial charge in [-0.3, -0.25) is 14.9 Å². The third kappa shape index (κ3) is 4.70. The molecule has 2 N–H and O–H groups in total. The van der Waals surface area contributed by atoms with Gasteiger partial charge in [0.2, 0.25) is 5.95 Å². The van der Waals surface area contributed by atoms with Crippen molar-refractivity contribution >= 4 is 63.1 Å². The molecule has 5 aromatic rings. The van der Waals surface area contributed by atoms with Gasteiger partial charge in [-0.1, -0.05) is 35.3 Å². The minimum absolute atomic E-state index is 0.0211. The highest BCUT2D eigenvalue weighted by atomic mass is 35.5. The normalized spacial score (nSPS) is 11.4. The fourth-order valence-electron chi connectivity index (χ4n) is 4.32. The summed E-state index contributed by atoms with van der Waals surface area (Å²) < 4.78 is 21.1. The van der Waals surface area contributed by atoms with E-state index in [1.54, 1.807) is 18.2 Å². The maximum Gasteiger partial charge on any atom is 0.309 e. The molecule has 3 aromatic carbocycles. The molecule has 2 aromatic heterocycles. The Hall–Kier alpha value is -3.95. The summed E-state index contributed by atoms with van der Waals surface area (Å²) in [6.45, 7) is 3.95. The molecule has 2 heterocycles. The second kappa shape index (κ2) is 10.1. The largest absolute Gasteiger partial charge is 0.469 e. The van der Waals surface area contributed by atoms with Crippen molar-refractivity contribution in [3.63, 3.8) is 0 Å². The summed E-state index contributed by atoms with van der Waals surface area (Å²) >= 11 is 12.7. The lowest BCUT2D eigenvalue weighted by molar-refractivity contribution is -0.139. The third-order valence-electron chi connectivity index (χ3n) is 6.08. The average molecular weight is 554 g/mol. The van der Waals surface area contributed by atoms with Crippen LogP contribution in [-0.2, 0) is 16.0 Å². The van der Waals surface area contributed by atoms with Crippen LogP contribution < -0.4 is 5.32 Å². The van der Waals surface area contributed by atoms with Gasteiger partial charge in [-0.2, -0.15) is 0 Å². The van der Waals surface area contributed by atoms with Crippen LogP contribution in [0.25, 0.3) is 33.5 Å². The van der Waals surface area contributed by atoms with Crippen LogP contribution in [0.4, 0.5) is 10.3 Å². The van der Waals surface area contributed by atoms with Crippen molar-refractivity contribution in [1.82, 2.24) is 19.5 Å². The van der Waals surface area contributed by atoms with Crippen LogP contribution in [0.2, 0.25) is 10.0 Å². The van der Waals surface area contributed by atoms with E-state index in [9.17, 15) is 14.0 Å². The van der Waals surface area contributed by atoms with Crippen LogP contribution in [0.1, 0.15) is 35.8 Å². The number of ether oxygens (including phenoxy) is 1. The molecule has 5 rings (SSSR count). The van der Waals surface area contributed by atoms with Gasteiger partial charge in [-0.15, -0.1) is 0 Å². The molecular formula is C27H22Cl2FN5O3. The number of carbonyl (C=O) groups excluding carboxylic acids is 2. The molecule has 0 aliphatic rings. The van der Waals surface area contributed by atoms with Crippen molar-refractivity contribution in [2.24, 2.45) is 0 Å². The molecule has 0 aliphatic carbocycles. The van der Waals surface area contributed by atoms with Gasteiger partial charge in [0.05, 0.1) is 51.2 Å². The van der Waals surface area contributed by atoms with Crippen molar-refractivity contribution < 1.29 is 18.7 Å². The molecule has 0 fully saturated rings. The van der Waals surface area contributed by atoms with E-state index in [0.29, 0.717) is 22.5 Å². The number of hydrogen-bond acceptors (Lipinski definition) is 5. The molecule has 0 aliphatic heterocycles. The first kappa shape index (κ1) is 25.7. The molecule has 11 heteroatoms. The van der Waals surface area contributed by atoms with E-state index >= 15 is 0 Å². The van der Waals surface area contributed by atoms with Gasteiger partial charge < -0.3 is 14.3 Å². The number of halogens is 3. The Labute approximate surface area is 226 Å². The van der Waals surface area contributed by atoms with Gasteiger partial charge >= 0.3 is 5.97 Å². The highest BCUT2D eigenvalue weighted by molar-refractivity contribution is 6.36. The molecule has 1 amide bonds. The number of rotatable bonds is 6. The first-order valence-electron chi connectivity index (χ1n) is 11.7. The summed E-state index contributed by atoms with van der Waals surface area (Å²) in [5.41, 5.74) is 3.36. The summed E-state index contributed by atoms with van der Waals surface area (Å²) in [7, 11) is 1.34. The van der Waals surface area contributed by atoms with E-state index in [-0.39, 0.29) is 45.4 Å². The Morgan fingerprint density at radius 2 is 1.87 bits per heavy atom. The minimum atomic E-state index is -0.534. The zero-order chi connectivity index (χ0) is 27.1. The smallest absolute Gasteiger partial charge is 0.309 e. The Bertz CT molecular complexity index is 1710. The van der Waals surface area contributed by atoms with Crippen LogP contribution in [0, 0.1) is 5.82 Å². The van der Waals surface area contributed by atoms with Crippen molar-refractivity contribution in [2.45, 2.75) is 26.3 Å². The van der Waals surface area contributed by atoms with E-state index in [4.69, 9.17) is 27.9 Å². The lowest BCUT2D eigenvalue weighted by Crippen LogP contribution is -2.17. The number of benzene rings is 3. The standard InChI is InChI=1S/C27H22Cl2FN5O3/c1-13(2)35-21-8-7-14(10-22(36)38-3)9-19(21)32-27(35)34-26(37)15-11-17(29)24-20(12-15)31-25(33-24)23-16(28)5-4-6-18(23)30/h4-9,11-13H,10H2,1-3H3,(H,31,33)(H,32,34,37). The number of amides is 1. The van der Waals surface area contributed by atoms with Gasteiger partial charge in [0, 0.05) is 11.6 Å². The van der Waals surface area contributed by atoms with E-state index in [2.05, 4.69) is 20.3 Å². The molecule has 8 nitrogen and oxygen atoms in total. The number of nitrogens with zero attached hydrogens (tertiary/aromatic N) is 3. The Morgan fingerprint density at radius 1 is 1.08 bits per heavy atom. The van der Waals surface area contributed by atoms with Crippen molar-refractivity contribution in [3.05, 3.63) is 75.5 Å². The Morgan fingerprint density at radius 3 is 2.58 bits per heavy atom. The number of carbonyl (C=O) groups is 2. The molecule has 0 bridgehead atoms. The predicted molar refractivity (Wildman–Crippen MR) is 145 cm³/mol. The maximum atomic E-state index is 14.4. The number of esters is 1. The second-order valence-electron chi connectivity index (χ2n) is 8.96. The Kier molecular flexibility index (Phi) is 6.81. The second-order valence-corrected chi connectivity index (χ2v) is 9.78. The summed E-state index contributed by atoms with van der Waals surface area (Å²) in [6, 6.07) is 12.9. The SMILES string of the molecule is COC(=O)Cc1ccc2c(c1)nc(NC(=O)c1cc(Cl)c3[nH]c(-c4c(F)cccc4Cl)nc3c1)n2C(C)C. The van der Waals surface area contributed by atoms with Crippen LogP contribution in [0.3, 0.4) is 0 Å². The summed E-state index contributed by atoms with van der Waals surface area (Å²) in [4.78, 5) is 37.0. The molecule has 0 radical (unpaired) electrons. The number of anilines is 1. The van der Waals surface area contributed by atoms with Gasteiger partial charge in [0.1, 0.15) is 11.6 Å². The molecule has 0 unspecified atom stereocenters. The molecule has 0 atom stereocenters.